The Bertz CT molecular complexity index is 743. The first-order valence-electron chi connectivity index (χ1n) is 8.10. The van der Waals surface area contributed by atoms with Crippen LogP contribution in [0.4, 0.5) is 5.69 Å². The molecule has 0 radical (unpaired) electrons. The number of amides is 2. The zero-order valence-electron chi connectivity index (χ0n) is 14.7. The van der Waals surface area contributed by atoms with Gasteiger partial charge in [-0.1, -0.05) is 35.9 Å². The zero-order valence-corrected chi connectivity index (χ0v) is 14.7. The fourth-order valence-electron chi connectivity index (χ4n) is 2.79. The standard InChI is InChI=1S/C20H24N2O2/c1-13-11-15(3)19(16(4)12-13)22-18(23)9-10-21-20(24)17-8-6-5-7-14(17)2/h5-8,11-12H,9-10H2,1-4H3,(H,21,24)(H,22,23). The van der Waals surface area contributed by atoms with Gasteiger partial charge in [0.15, 0.2) is 0 Å². The van der Waals surface area contributed by atoms with E-state index in [0.29, 0.717) is 12.1 Å². The van der Waals surface area contributed by atoms with Crippen LogP contribution >= 0.6 is 0 Å². The lowest BCUT2D eigenvalue weighted by Crippen LogP contribution is -2.28. The van der Waals surface area contributed by atoms with Crippen molar-refractivity contribution in [1.29, 1.82) is 0 Å². The van der Waals surface area contributed by atoms with Crippen molar-refractivity contribution in [3.8, 4) is 0 Å². The predicted molar refractivity (Wildman–Crippen MR) is 97.4 cm³/mol. The van der Waals surface area contributed by atoms with Crippen LogP contribution in [0, 0.1) is 27.7 Å². The Balaban J connectivity index is 1.88. The maximum absolute atomic E-state index is 12.1. The highest BCUT2D eigenvalue weighted by Crippen LogP contribution is 2.21. The Morgan fingerprint density at radius 3 is 2.17 bits per heavy atom. The van der Waals surface area contributed by atoms with Crippen LogP contribution in [0.25, 0.3) is 0 Å². The van der Waals surface area contributed by atoms with Gasteiger partial charge >= 0.3 is 0 Å². The summed E-state index contributed by atoms with van der Waals surface area (Å²) in [4.78, 5) is 24.2. The van der Waals surface area contributed by atoms with Crippen molar-refractivity contribution >= 4 is 17.5 Å². The van der Waals surface area contributed by atoms with E-state index >= 15 is 0 Å². The highest BCUT2D eigenvalue weighted by Gasteiger charge is 2.10. The summed E-state index contributed by atoms with van der Waals surface area (Å²) in [6.07, 6.45) is 0.240. The SMILES string of the molecule is Cc1cc(C)c(NC(=O)CCNC(=O)c2ccccc2C)c(C)c1. The smallest absolute Gasteiger partial charge is 0.251 e. The van der Waals surface area contributed by atoms with Crippen molar-refractivity contribution in [2.75, 3.05) is 11.9 Å². The quantitative estimate of drug-likeness (QED) is 0.881. The topological polar surface area (TPSA) is 58.2 Å². The van der Waals surface area contributed by atoms with E-state index in [0.717, 1.165) is 22.4 Å². The lowest BCUT2D eigenvalue weighted by atomic mass is 10.0. The second-order valence-electron chi connectivity index (χ2n) is 6.14. The Kier molecular flexibility index (Phi) is 5.74. The molecule has 0 spiro atoms. The molecule has 2 rings (SSSR count). The summed E-state index contributed by atoms with van der Waals surface area (Å²) < 4.78 is 0. The Morgan fingerprint density at radius 2 is 1.54 bits per heavy atom. The largest absolute Gasteiger partial charge is 0.352 e. The summed E-state index contributed by atoms with van der Waals surface area (Å²) in [5.74, 6) is -0.251. The van der Waals surface area contributed by atoms with Gasteiger partial charge in [0.2, 0.25) is 5.91 Å². The minimum absolute atomic E-state index is 0.102. The predicted octanol–water partition coefficient (Wildman–Crippen LogP) is 3.68. The number of benzene rings is 2. The first kappa shape index (κ1) is 17.7. The molecule has 2 N–H and O–H groups in total. The molecule has 0 atom stereocenters. The van der Waals surface area contributed by atoms with E-state index in [1.54, 1.807) is 6.07 Å². The first-order valence-corrected chi connectivity index (χ1v) is 8.10. The number of rotatable bonds is 5. The fraction of sp³-hybridized carbons (Fsp3) is 0.300. The van der Waals surface area contributed by atoms with Gasteiger partial charge in [-0.05, 0) is 50.5 Å². The molecule has 0 aliphatic carbocycles. The van der Waals surface area contributed by atoms with E-state index in [4.69, 9.17) is 0 Å². The van der Waals surface area contributed by atoms with E-state index in [9.17, 15) is 9.59 Å². The summed E-state index contributed by atoms with van der Waals surface area (Å²) in [7, 11) is 0. The summed E-state index contributed by atoms with van der Waals surface area (Å²) in [6, 6.07) is 11.5. The number of nitrogens with one attached hydrogen (secondary N) is 2. The zero-order chi connectivity index (χ0) is 17.7. The summed E-state index contributed by atoms with van der Waals surface area (Å²) in [5.41, 5.74) is 5.69. The molecule has 4 heteroatoms. The van der Waals surface area contributed by atoms with E-state index in [1.165, 1.54) is 5.56 Å². The fourth-order valence-corrected chi connectivity index (χ4v) is 2.79. The monoisotopic (exact) mass is 324 g/mol. The van der Waals surface area contributed by atoms with Gasteiger partial charge in [-0.15, -0.1) is 0 Å². The first-order chi connectivity index (χ1) is 11.4. The average molecular weight is 324 g/mol. The lowest BCUT2D eigenvalue weighted by Gasteiger charge is -2.13. The summed E-state index contributed by atoms with van der Waals surface area (Å²) >= 11 is 0. The van der Waals surface area contributed by atoms with Crippen LogP contribution in [0.15, 0.2) is 36.4 Å². The van der Waals surface area contributed by atoms with Crippen LogP contribution in [0.2, 0.25) is 0 Å². The maximum atomic E-state index is 12.1. The van der Waals surface area contributed by atoms with Gasteiger partial charge in [-0.2, -0.15) is 0 Å². The van der Waals surface area contributed by atoms with Crippen LogP contribution in [0.1, 0.15) is 39.0 Å². The number of anilines is 1. The second kappa shape index (κ2) is 7.77. The van der Waals surface area contributed by atoms with Crippen molar-refractivity contribution in [3.63, 3.8) is 0 Å². The van der Waals surface area contributed by atoms with Gasteiger partial charge in [0, 0.05) is 24.2 Å². The molecular formula is C20H24N2O2. The Morgan fingerprint density at radius 1 is 0.917 bits per heavy atom. The van der Waals surface area contributed by atoms with Crippen LogP contribution in [-0.4, -0.2) is 18.4 Å². The van der Waals surface area contributed by atoms with Crippen LogP contribution in [-0.2, 0) is 4.79 Å². The minimum Gasteiger partial charge on any atom is -0.352 e. The second-order valence-corrected chi connectivity index (χ2v) is 6.14. The molecule has 0 aliphatic heterocycles. The van der Waals surface area contributed by atoms with Gasteiger partial charge in [0.05, 0.1) is 0 Å². The van der Waals surface area contributed by atoms with Crippen LogP contribution in [0.5, 0.6) is 0 Å². The van der Waals surface area contributed by atoms with Crippen molar-refractivity contribution in [3.05, 3.63) is 64.2 Å². The van der Waals surface area contributed by atoms with E-state index in [-0.39, 0.29) is 18.2 Å². The van der Waals surface area contributed by atoms with E-state index < -0.39 is 0 Å². The molecule has 126 valence electrons. The average Bonchev–Trinajstić information content (AvgIpc) is 2.51. The third-order valence-electron chi connectivity index (χ3n) is 3.97. The van der Waals surface area contributed by atoms with Crippen molar-refractivity contribution < 1.29 is 9.59 Å². The minimum atomic E-state index is -0.149. The molecule has 2 aromatic carbocycles. The molecule has 2 aromatic rings. The molecule has 0 aromatic heterocycles. The molecule has 24 heavy (non-hydrogen) atoms. The van der Waals surface area contributed by atoms with Gasteiger partial charge in [-0.3, -0.25) is 9.59 Å². The molecule has 0 bridgehead atoms. The van der Waals surface area contributed by atoms with E-state index in [2.05, 4.69) is 10.6 Å². The van der Waals surface area contributed by atoms with Gasteiger partial charge in [-0.25, -0.2) is 0 Å². The van der Waals surface area contributed by atoms with Crippen LogP contribution in [0.3, 0.4) is 0 Å². The molecular weight excluding hydrogens is 300 g/mol. The number of carbonyl (C=O) groups is 2. The highest BCUT2D eigenvalue weighted by molar-refractivity contribution is 5.96. The molecule has 4 nitrogen and oxygen atoms in total. The van der Waals surface area contributed by atoms with Crippen molar-refractivity contribution in [2.45, 2.75) is 34.1 Å². The molecule has 0 fully saturated rings. The third-order valence-corrected chi connectivity index (χ3v) is 3.97. The third kappa shape index (κ3) is 4.44. The van der Waals surface area contributed by atoms with E-state index in [1.807, 2.05) is 58.0 Å². The number of carbonyl (C=O) groups excluding carboxylic acids is 2. The molecule has 0 saturated carbocycles. The van der Waals surface area contributed by atoms with Crippen molar-refractivity contribution in [2.24, 2.45) is 0 Å². The number of hydrogen-bond acceptors (Lipinski definition) is 2. The normalized spacial score (nSPS) is 10.3. The van der Waals surface area contributed by atoms with Crippen molar-refractivity contribution in [1.82, 2.24) is 5.32 Å². The number of hydrogen-bond donors (Lipinski definition) is 2. The van der Waals surface area contributed by atoms with Crippen LogP contribution < -0.4 is 10.6 Å². The molecule has 0 unspecified atom stereocenters. The highest BCUT2D eigenvalue weighted by atomic mass is 16.2. The Hall–Kier alpha value is -2.62. The maximum Gasteiger partial charge on any atom is 0.251 e. The summed E-state index contributed by atoms with van der Waals surface area (Å²) in [6.45, 7) is 8.20. The molecule has 0 saturated heterocycles. The van der Waals surface area contributed by atoms with Gasteiger partial charge in [0.1, 0.15) is 0 Å². The molecule has 0 aliphatic rings. The number of aryl methyl sites for hydroxylation is 4. The molecule has 2 amide bonds. The van der Waals surface area contributed by atoms with Gasteiger partial charge in [0.25, 0.3) is 5.91 Å². The Labute approximate surface area is 143 Å². The lowest BCUT2D eigenvalue weighted by molar-refractivity contribution is -0.116. The summed E-state index contributed by atoms with van der Waals surface area (Å²) in [5, 5.41) is 5.74. The van der Waals surface area contributed by atoms with Gasteiger partial charge < -0.3 is 10.6 Å². The molecule has 0 heterocycles.